The van der Waals surface area contributed by atoms with Crippen molar-refractivity contribution >= 4 is 11.7 Å². The number of nitrogens with two attached hydrogens (primary N) is 1. The van der Waals surface area contributed by atoms with Crippen molar-refractivity contribution in [1.82, 2.24) is 10.3 Å². The Hall–Kier alpha value is -1.70. The number of nitrogens with one attached hydrogen (secondary N) is 2. The SMILES string of the molecule is COCCOCCNC(=O)c1cccnc1NN. The Morgan fingerprint density at radius 3 is 3.00 bits per heavy atom. The van der Waals surface area contributed by atoms with Gasteiger partial charge in [-0.1, -0.05) is 0 Å². The van der Waals surface area contributed by atoms with E-state index in [1.165, 1.54) is 0 Å². The van der Waals surface area contributed by atoms with E-state index in [1.54, 1.807) is 25.4 Å². The monoisotopic (exact) mass is 254 g/mol. The standard InChI is InChI=1S/C11H18N4O3/c1-17-7-8-18-6-5-14-11(16)9-3-2-4-13-10(9)15-12/h2-4H,5-8,12H2,1H3,(H,13,15)(H,14,16). The van der Waals surface area contributed by atoms with Gasteiger partial charge in [-0.15, -0.1) is 0 Å². The van der Waals surface area contributed by atoms with E-state index in [2.05, 4.69) is 15.7 Å². The first kappa shape index (κ1) is 14.4. The molecule has 0 saturated heterocycles. The number of rotatable bonds is 8. The van der Waals surface area contributed by atoms with Crippen molar-refractivity contribution in [3.63, 3.8) is 0 Å². The molecular weight excluding hydrogens is 236 g/mol. The first-order chi connectivity index (χ1) is 8.79. The van der Waals surface area contributed by atoms with Gasteiger partial charge in [-0.2, -0.15) is 0 Å². The third-order valence-electron chi connectivity index (χ3n) is 2.15. The topological polar surface area (TPSA) is 98.5 Å². The molecule has 0 saturated carbocycles. The van der Waals surface area contributed by atoms with Crippen molar-refractivity contribution in [2.45, 2.75) is 0 Å². The lowest BCUT2D eigenvalue weighted by Crippen LogP contribution is -2.29. The predicted molar refractivity (Wildman–Crippen MR) is 67.1 cm³/mol. The number of hydrogen-bond acceptors (Lipinski definition) is 6. The highest BCUT2D eigenvalue weighted by molar-refractivity contribution is 5.98. The minimum Gasteiger partial charge on any atom is -0.382 e. The average molecular weight is 254 g/mol. The maximum absolute atomic E-state index is 11.8. The van der Waals surface area contributed by atoms with Crippen molar-refractivity contribution in [2.24, 2.45) is 5.84 Å². The molecule has 1 heterocycles. The third kappa shape index (κ3) is 4.66. The van der Waals surface area contributed by atoms with Crippen LogP contribution in [0.5, 0.6) is 0 Å². The van der Waals surface area contributed by atoms with Crippen LogP contribution in [0.15, 0.2) is 18.3 Å². The zero-order valence-corrected chi connectivity index (χ0v) is 10.3. The van der Waals surface area contributed by atoms with Gasteiger partial charge in [0.2, 0.25) is 0 Å². The summed E-state index contributed by atoms with van der Waals surface area (Å²) >= 11 is 0. The van der Waals surface area contributed by atoms with Crippen LogP contribution in [0.1, 0.15) is 10.4 Å². The van der Waals surface area contributed by atoms with E-state index in [-0.39, 0.29) is 5.91 Å². The second-order valence-electron chi connectivity index (χ2n) is 3.40. The highest BCUT2D eigenvalue weighted by Crippen LogP contribution is 2.08. The summed E-state index contributed by atoms with van der Waals surface area (Å²) in [6.45, 7) is 1.90. The van der Waals surface area contributed by atoms with Gasteiger partial charge in [-0.05, 0) is 12.1 Å². The van der Waals surface area contributed by atoms with Gasteiger partial charge in [-0.25, -0.2) is 10.8 Å². The minimum atomic E-state index is -0.244. The number of carbonyl (C=O) groups is 1. The van der Waals surface area contributed by atoms with Crippen molar-refractivity contribution in [1.29, 1.82) is 0 Å². The summed E-state index contributed by atoms with van der Waals surface area (Å²) in [4.78, 5) is 15.7. The number of aromatic nitrogens is 1. The fourth-order valence-electron chi connectivity index (χ4n) is 1.28. The molecule has 0 radical (unpaired) electrons. The molecule has 0 aromatic carbocycles. The smallest absolute Gasteiger partial charge is 0.255 e. The number of hydrazine groups is 1. The third-order valence-corrected chi connectivity index (χ3v) is 2.15. The van der Waals surface area contributed by atoms with E-state index in [0.717, 1.165) is 0 Å². The van der Waals surface area contributed by atoms with E-state index >= 15 is 0 Å². The molecule has 0 aliphatic rings. The number of nitrogen functional groups attached to an aromatic ring is 1. The molecular formula is C11H18N4O3. The van der Waals surface area contributed by atoms with Crippen LogP contribution >= 0.6 is 0 Å². The van der Waals surface area contributed by atoms with Gasteiger partial charge in [0.25, 0.3) is 5.91 Å². The Morgan fingerprint density at radius 2 is 2.28 bits per heavy atom. The van der Waals surface area contributed by atoms with E-state index in [9.17, 15) is 4.79 Å². The fraction of sp³-hybridized carbons (Fsp3) is 0.455. The molecule has 1 aromatic heterocycles. The van der Waals surface area contributed by atoms with Crippen molar-refractivity contribution in [3.05, 3.63) is 23.9 Å². The second kappa shape index (κ2) is 8.40. The van der Waals surface area contributed by atoms with Gasteiger partial charge in [-0.3, -0.25) is 4.79 Å². The molecule has 0 atom stereocenters. The van der Waals surface area contributed by atoms with E-state index < -0.39 is 0 Å². The summed E-state index contributed by atoms with van der Waals surface area (Å²) in [7, 11) is 1.61. The maximum atomic E-state index is 11.8. The Bertz CT molecular complexity index is 373. The van der Waals surface area contributed by atoms with Crippen LogP contribution in [0.3, 0.4) is 0 Å². The van der Waals surface area contributed by atoms with E-state index in [1.807, 2.05) is 0 Å². The van der Waals surface area contributed by atoms with Crippen LogP contribution in [-0.2, 0) is 9.47 Å². The maximum Gasteiger partial charge on any atom is 0.255 e. The van der Waals surface area contributed by atoms with Gasteiger partial charge in [0.1, 0.15) is 0 Å². The Morgan fingerprint density at radius 1 is 1.44 bits per heavy atom. The van der Waals surface area contributed by atoms with Gasteiger partial charge in [0, 0.05) is 19.9 Å². The first-order valence-corrected chi connectivity index (χ1v) is 5.56. The van der Waals surface area contributed by atoms with E-state index in [0.29, 0.717) is 37.7 Å². The summed E-state index contributed by atoms with van der Waals surface area (Å²) < 4.78 is 10.0. The molecule has 18 heavy (non-hydrogen) atoms. The van der Waals surface area contributed by atoms with E-state index in [4.69, 9.17) is 15.3 Å². The molecule has 1 rings (SSSR count). The zero-order chi connectivity index (χ0) is 13.2. The predicted octanol–water partition coefficient (Wildman–Crippen LogP) is -0.240. The van der Waals surface area contributed by atoms with Gasteiger partial charge >= 0.3 is 0 Å². The fourth-order valence-corrected chi connectivity index (χ4v) is 1.28. The van der Waals surface area contributed by atoms with Crippen LogP contribution in [-0.4, -0.2) is 44.4 Å². The molecule has 0 bridgehead atoms. The first-order valence-electron chi connectivity index (χ1n) is 5.56. The van der Waals surface area contributed by atoms with Gasteiger partial charge < -0.3 is 20.2 Å². The Balaban J connectivity index is 2.32. The van der Waals surface area contributed by atoms with Crippen molar-refractivity contribution in [2.75, 3.05) is 38.9 Å². The number of nitrogens with zero attached hydrogens (tertiary/aromatic N) is 1. The highest BCUT2D eigenvalue weighted by atomic mass is 16.5. The number of pyridine rings is 1. The van der Waals surface area contributed by atoms with Crippen molar-refractivity contribution in [3.8, 4) is 0 Å². The normalized spacial score (nSPS) is 10.1. The number of carbonyl (C=O) groups excluding carboxylic acids is 1. The number of hydrogen-bond donors (Lipinski definition) is 3. The molecule has 7 heteroatoms. The lowest BCUT2D eigenvalue weighted by Gasteiger charge is -2.08. The van der Waals surface area contributed by atoms with Crippen LogP contribution in [0.25, 0.3) is 0 Å². The average Bonchev–Trinajstić information content (AvgIpc) is 2.42. The zero-order valence-electron chi connectivity index (χ0n) is 10.3. The van der Waals surface area contributed by atoms with Crippen LogP contribution < -0.4 is 16.6 Å². The Kier molecular flexibility index (Phi) is 6.70. The van der Waals surface area contributed by atoms with Crippen LogP contribution in [0.4, 0.5) is 5.82 Å². The molecule has 0 spiro atoms. The molecule has 0 aliphatic carbocycles. The van der Waals surface area contributed by atoms with Gasteiger partial charge in [0.05, 0.1) is 25.4 Å². The number of anilines is 1. The molecule has 1 aromatic rings. The molecule has 100 valence electrons. The highest BCUT2D eigenvalue weighted by Gasteiger charge is 2.10. The summed E-state index contributed by atoms with van der Waals surface area (Å²) in [5, 5.41) is 2.71. The summed E-state index contributed by atoms with van der Waals surface area (Å²) in [5.74, 6) is 5.37. The molecule has 0 unspecified atom stereocenters. The lowest BCUT2D eigenvalue weighted by atomic mass is 10.2. The molecule has 4 N–H and O–H groups in total. The second-order valence-corrected chi connectivity index (χ2v) is 3.40. The lowest BCUT2D eigenvalue weighted by molar-refractivity contribution is 0.0693. The summed E-state index contributed by atoms with van der Waals surface area (Å²) in [5.41, 5.74) is 2.77. The number of amides is 1. The quantitative estimate of drug-likeness (QED) is 0.336. The summed E-state index contributed by atoms with van der Waals surface area (Å²) in [6.07, 6.45) is 1.56. The minimum absolute atomic E-state index is 0.244. The van der Waals surface area contributed by atoms with Crippen molar-refractivity contribution < 1.29 is 14.3 Å². The molecule has 0 aliphatic heterocycles. The largest absolute Gasteiger partial charge is 0.382 e. The molecule has 0 fully saturated rings. The van der Waals surface area contributed by atoms with Gasteiger partial charge in [0.15, 0.2) is 5.82 Å². The number of ether oxygens (including phenoxy) is 2. The Labute approximate surface area is 106 Å². The van der Waals surface area contributed by atoms with Crippen LogP contribution in [0.2, 0.25) is 0 Å². The molecule has 7 nitrogen and oxygen atoms in total. The number of methoxy groups -OCH3 is 1. The van der Waals surface area contributed by atoms with Crippen LogP contribution in [0, 0.1) is 0 Å². The summed E-state index contributed by atoms with van der Waals surface area (Å²) in [6, 6.07) is 3.31. The molecule has 1 amide bonds.